The highest BCUT2D eigenvalue weighted by molar-refractivity contribution is 7.08. The van der Waals surface area contributed by atoms with E-state index in [4.69, 9.17) is 9.47 Å². The highest BCUT2D eigenvalue weighted by atomic mass is 32.1. The van der Waals surface area contributed by atoms with E-state index in [2.05, 4.69) is 0 Å². The van der Waals surface area contributed by atoms with Gasteiger partial charge in [-0.2, -0.15) is 11.3 Å². The Labute approximate surface area is 207 Å². The summed E-state index contributed by atoms with van der Waals surface area (Å²) in [7, 11) is 1.52. The number of ether oxygens (including phenoxy) is 2. The van der Waals surface area contributed by atoms with Gasteiger partial charge in [0.15, 0.2) is 11.5 Å². The van der Waals surface area contributed by atoms with E-state index in [-0.39, 0.29) is 30.3 Å². The molecule has 0 fully saturated rings. The number of rotatable bonds is 9. The molecule has 1 aliphatic heterocycles. The minimum Gasteiger partial charge on any atom is -0.503 e. The van der Waals surface area contributed by atoms with Crippen molar-refractivity contribution < 1.29 is 28.6 Å². The molecule has 0 bridgehead atoms. The Morgan fingerprint density at radius 2 is 1.86 bits per heavy atom. The predicted octanol–water partition coefficient (Wildman–Crippen LogP) is 5.70. The van der Waals surface area contributed by atoms with Crippen LogP contribution in [0.5, 0.6) is 5.75 Å². The molecule has 0 radical (unpaired) electrons. The number of benzene rings is 2. The largest absolute Gasteiger partial charge is 0.503 e. The van der Waals surface area contributed by atoms with E-state index in [0.29, 0.717) is 11.3 Å². The summed E-state index contributed by atoms with van der Waals surface area (Å²) in [5, 5.41) is 14.8. The molecule has 0 spiro atoms. The van der Waals surface area contributed by atoms with Crippen LogP contribution in [0.2, 0.25) is 0 Å². The van der Waals surface area contributed by atoms with Gasteiger partial charge in [0, 0.05) is 30.3 Å². The molecule has 1 amide bonds. The lowest BCUT2D eigenvalue weighted by Crippen LogP contribution is -2.31. The summed E-state index contributed by atoms with van der Waals surface area (Å²) in [4.78, 5) is 27.9. The SMILES string of the molecule is COCCOc1cc(F)ccc1C1C(C(=O)C(C)C)=C(O)C(=O)N1c1ccc(-c2ccsc2)cc1. The van der Waals surface area contributed by atoms with Gasteiger partial charge >= 0.3 is 0 Å². The van der Waals surface area contributed by atoms with Crippen molar-refractivity contribution in [2.24, 2.45) is 5.92 Å². The van der Waals surface area contributed by atoms with Crippen LogP contribution in [0, 0.1) is 11.7 Å². The zero-order valence-corrected chi connectivity index (χ0v) is 20.5. The molecule has 0 aliphatic carbocycles. The summed E-state index contributed by atoms with van der Waals surface area (Å²) in [6.45, 7) is 3.81. The molecule has 3 aromatic rings. The summed E-state index contributed by atoms with van der Waals surface area (Å²) < 4.78 is 25.0. The zero-order valence-electron chi connectivity index (χ0n) is 19.7. The number of anilines is 1. The molecule has 2 heterocycles. The maximum Gasteiger partial charge on any atom is 0.294 e. The van der Waals surface area contributed by atoms with Gasteiger partial charge in [0.2, 0.25) is 0 Å². The molecular formula is C27H26FNO5S. The van der Waals surface area contributed by atoms with Crippen LogP contribution in [0.4, 0.5) is 10.1 Å². The van der Waals surface area contributed by atoms with Gasteiger partial charge in [-0.05, 0) is 52.2 Å². The normalized spacial score (nSPS) is 15.9. The van der Waals surface area contributed by atoms with Crippen molar-refractivity contribution in [3.8, 4) is 16.9 Å². The number of methoxy groups -OCH3 is 1. The van der Waals surface area contributed by atoms with E-state index in [0.717, 1.165) is 11.1 Å². The molecule has 35 heavy (non-hydrogen) atoms. The molecule has 0 saturated heterocycles. The van der Waals surface area contributed by atoms with Crippen molar-refractivity contribution in [1.29, 1.82) is 0 Å². The van der Waals surface area contributed by atoms with Crippen LogP contribution in [-0.4, -0.2) is 37.1 Å². The van der Waals surface area contributed by atoms with Gasteiger partial charge in [0.1, 0.15) is 18.2 Å². The number of halogens is 1. The summed E-state index contributed by atoms with van der Waals surface area (Å²) >= 11 is 1.58. The number of carbonyl (C=O) groups is 2. The smallest absolute Gasteiger partial charge is 0.294 e. The quantitative estimate of drug-likeness (QED) is 0.385. The number of amides is 1. The van der Waals surface area contributed by atoms with Gasteiger partial charge in [-0.25, -0.2) is 4.39 Å². The predicted molar refractivity (Wildman–Crippen MR) is 133 cm³/mol. The third kappa shape index (κ3) is 4.85. The van der Waals surface area contributed by atoms with E-state index < -0.39 is 29.4 Å². The van der Waals surface area contributed by atoms with Crippen LogP contribution < -0.4 is 9.64 Å². The van der Waals surface area contributed by atoms with Gasteiger partial charge < -0.3 is 14.6 Å². The van der Waals surface area contributed by atoms with Crippen LogP contribution in [0.3, 0.4) is 0 Å². The Morgan fingerprint density at radius 1 is 1.11 bits per heavy atom. The van der Waals surface area contributed by atoms with E-state index in [1.807, 2.05) is 29.0 Å². The lowest BCUT2D eigenvalue weighted by molar-refractivity contribution is -0.119. The fraction of sp³-hybridized carbons (Fsp3) is 0.259. The Bertz CT molecular complexity index is 1250. The molecule has 1 aromatic heterocycles. The highest BCUT2D eigenvalue weighted by Gasteiger charge is 2.46. The molecule has 6 nitrogen and oxygen atoms in total. The Hall–Kier alpha value is -3.49. The van der Waals surface area contributed by atoms with Crippen LogP contribution in [0.25, 0.3) is 11.1 Å². The average molecular weight is 496 g/mol. The second-order valence-electron chi connectivity index (χ2n) is 8.44. The molecule has 1 aliphatic rings. The number of ketones is 1. The minimum absolute atomic E-state index is 0.0323. The molecular weight excluding hydrogens is 469 g/mol. The number of hydrogen-bond donors (Lipinski definition) is 1. The van der Waals surface area contributed by atoms with Crippen molar-refractivity contribution in [2.75, 3.05) is 25.2 Å². The number of thiophene rings is 1. The lowest BCUT2D eigenvalue weighted by atomic mass is 9.90. The number of nitrogens with zero attached hydrogens (tertiary/aromatic N) is 1. The van der Waals surface area contributed by atoms with Crippen molar-refractivity contribution in [3.05, 3.63) is 82.0 Å². The number of Topliss-reactive ketones (excluding diaryl/α,β-unsaturated/α-hetero) is 1. The number of hydrogen-bond acceptors (Lipinski definition) is 6. The Balaban J connectivity index is 1.83. The molecule has 0 saturated carbocycles. The number of aliphatic hydroxyl groups is 1. The molecule has 8 heteroatoms. The summed E-state index contributed by atoms with van der Waals surface area (Å²) in [5.74, 6) is -2.50. The van der Waals surface area contributed by atoms with Gasteiger partial charge in [0.25, 0.3) is 5.91 Å². The fourth-order valence-electron chi connectivity index (χ4n) is 4.07. The van der Waals surface area contributed by atoms with Gasteiger partial charge in [0.05, 0.1) is 18.2 Å². The monoisotopic (exact) mass is 495 g/mol. The summed E-state index contributed by atoms with van der Waals surface area (Å²) in [5.41, 5.74) is 2.87. The second-order valence-corrected chi connectivity index (χ2v) is 9.22. The lowest BCUT2D eigenvalue weighted by Gasteiger charge is -2.29. The topological polar surface area (TPSA) is 76.1 Å². The van der Waals surface area contributed by atoms with Gasteiger partial charge in [-0.1, -0.05) is 26.0 Å². The fourth-order valence-corrected chi connectivity index (χ4v) is 4.73. The molecule has 1 N–H and O–H groups in total. The van der Waals surface area contributed by atoms with Crippen molar-refractivity contribution in [3.63, 3.8) is 0 Å². The Morgan fingerprint density at radius 3 is 2.49 bits per heavy atom. The van der Waals surface area contributed by atoms with E-state index in [1.165, 1.54) is 30.2 Å². The van der Waals surface area contributed by atoms with Crippen molar-refractivity contribution in [2.45, 2.75) is 19.9 Å². The van der Waals surface area contributed by atoms with Crippen LogP contribution in [-0.2, 0) is 14.3 Å². The Kier molecular flexibility index (Phi) is 7.33. The molecule has 2 aromatic carbocycles. The first-order valence-electron chi connectivity index (χ1n) is 11.2. The standard InChI is InChI=1S/C27H26FNO5S/c1-16(2)25(30)23-24(21-9-6-19(28)14-22(21)34-12-11-33-3)29(27(32)26(23)31)20-7-4-17(5-8-20)18-10-13-35-15-18/h4-10,13-16,24,31H,11-12H2,1-3H3. The van der Waals surface area contributed by atoms with E-state index in [9.17, 15) is 19.1 Å². The maximum atomic E-state index is 14.2. The third-order valence-corrected chi connectivity index (χ3v) is 6.50. The second kappa shape index (κ2) is 10.4. The summed E-state index contributed by atoms with van der Waals surface area (Å²) in [6.07, 6.45) is 0. The first kappa shape index (κ1) is 24.6. The maximum absolute atomic E-state index is 14.2. The van der Waals surface area contributed by atoms with Gasteiger partial charge in [-0.15, -0.1) is 0 Å². The molecule has 4 rings (SSSR count). The third-order valence-electron chi connectivity index (χ3n) is 5.81. The molecule has 1 atom stereocenters. The highest BCUT2D eigenvalue weighted by Crippen LogP contribution is 2.45. The van der Waals surface area contributed by atoms with Crippen molar-refractivity contribution in [1.82, 2.24) is 0 Å². The first-order valence-corrected chi connectivity index (χ1v) is 12.1. The average Bonchev–Trinajstić information content (AvgIpc) is 3.46. The number of aliphatic hydroxyl groups excluding tert-OH is 1. The van der Waals surface area contributed by atoms with Crippen LogP contribution in [0.15, 0.2) is 70.6 Å². The minimum atomic E-state index is -0.984. The van der Waals surface area contributed by atoms with Crippen LogP contribution >= 0.6 is 11.3 Å². The first-order chi connectivity index (χ1) is 16.8. The van der Waals surface area contributed by atoms with Crippen molar-refractivity contribution >= 4 is 28.7 Å². The number of carbonyl (C=O) groups excluding carboxylic acids is 2. The van der Waals surface area contributed by atoms with Crippen LogP contribution in [0.1, 0.15) is 25.5 Å². The van der Waals surface area contributed by atoms with Gasteiger partial charge in [-0.3, -0.25) is 14.5 Å². The zero-order chi connectivity index (χ0) is 25.1. The molecule has 182 valence electrons. The van der Waals surface area contributed by atoms with E-state index >= 15 is 0 Å². The molecule has 1 unspecified atom stereocenters. The van der Waals surface area contributed by atoms with E-state index in [1.54, 1.807) is 37.3 Å². The summed E-state index contributed by atoms with van der Waals surface area (Å²) in [6, 6.07) is 12.2.